The standard InChI is InChI=1S/C13H12ClNO3/c1-2-18-13(17)8-5-10-3-6-11(7-4-10)15-12(16)9-14/h3-4,6-7H,2,9H2,1H3,(H,15,16). The monoisotopic (exact) mass is 265 g/mol. The quantitative estimate of drug-likeness (QED) is 0.515. The lowest BCUT2D eigenvalue weighted by atomic mass is 10.2. The molecule has 0 aliphatic rings. The Balaban J connectivity index is 2.65. The molecular weight excluding hydrogens is 254 g/mol. The maximum absolute atomic E-state index is 11.0. The highest BCUT2D eigenvalue weighted by Gasteiger charge is 1.99. The lowest BCUT2D eigenvalue weighted by molar-refractivity contribution is -0.136. The predicted molar refractivity (Wildman–Crippen MR) is 69.3 cm³/mol. The van der Waals surface area contributed by atoms with E-state index >= 15 is 0 Å². The summed E-state index contributed by atoms with van der Waals surface area (Å²) in [7, 11) is 0. The molecule has 1 N–H and O–H groups in total. The number of hydrogen-bond acceptors (Lipinski definition) is 3. The molecule has 0 bridgehead atoms. The summed E-state index contributed by atoms with van der Waals surface area (Å²) in [5.74, 6) is 4.09. The molecule has 0 saturated heterocycles. The molecule has 1 aromatic carbocycles. The molecule has 1 rings (SSSR count). The second kappa shape index (κ2) is 7.36. The Kier molecular flexibility index (Phi) is 5.75. The van der Waals surface area contributed by atoms with Gasteiger partial charge in [-0.3, -0.25) is 4.79 Å². The highest BCUT2D eigenvalue weighted by Crippen LogP contribution is 2.08. The first-order valence-corrected chi connectivity index (χ1v) is 5.83. The van der Waals surface area contributed by atoms with Gasteiger partial charge in [0.15, 0.2) is 0 Å². The Morgan fingerprint density at radius 3 is 2.56 bits per heavy atom. The number of nitrogens with one attached hydrogen (secondary N) is 1. The van der Waals surface area contributed by atoms with Gasteiger partial charge in [-0.2, -0.15) is 0 Å². The van der Waals surface area contributed by atoms with Gasteiger partial charge in [0.1, 0.15) is 5.88 Å². The van der Waals surface area contributed by atoms with E-state index in [1.54, 1.807) is 31.2 Å². The van der Waals surface area contributed by atoms with E-state index in [9.17, 15) is 9.59 Å². The lowest BCUT2D eigenvalue weighted by Gasteiger charge is -2.01. The third kappa shape index (κ3) is 4.89. The summed E-state index contributed by atoms with van der Waals surface area (Å²) in [6, 6.07) is 6.74. The summed E-state index contributed by atoms with van der Waals surface area (Å²) in [6.07, 6.45) is 0. The van der Waals surface area contributed by atoms with E-state index in [4.69, 9.17) is 11.6 Å². The average molecular weight is 266 g/mol. The first-order chi connectivity index (χ1) is 8.65. The first-order valence-electron chi connectivity index (χ1n) is 5.30. The molecule has 0 unspecified atom stereocenters. The highest BCUT2D eigenvalue weighted by atomic mass is 35.5. The Labute approximate surface area is 110 Å². The van der Waals surface area contributed by atoms with Crippen molar-refractivity contribution < 1.29 is 14.3 Å². The third-order valence-corrected chi connectivity index (χ3v) is 2.12. The van der Waals surface area contributed by atoms with Crippen molar-refractivity contribution in [2.24, 2.45) is 0 Å². The van der Waals surface area contributed by atoms with Gasteiger partial charge in [0.25, 0.3) is 0 Å². The highest BCUT2D eigenvalue weighted by molar-refractivity contribution is 6.29. The molecule has 1 aromatic rings. The summed E-state index contributed by atoms with van der Waals surface area (Å²) in [5.41, 5.74) is 1.29. The Hall–Kier alpha value is -1.99. The van der Waals surface area contributed by atoms with Crippen molar-refractivity contribution in [3.63, 3.8) is 0 Å². The maximum atomic E-state index is 11.0. The van der Waals surface area contributed by atoms with Crippen molar-refractivity contribution in [2.75, 3.05) is 17.8 Å². The number of esters is 1. The van der Waals surface area contributed by atoms with Crippen LogP contribution in [0, 0.1) is 11.8 Å². The Morgan fingerprint density at radius 1 is 1.33 bits per heavy atom. The van der Waals surface area contributed by atoms with E-state index in [0.29, 0.717) is 17.9 Å². The van der Waals surface area contributed by atoms with Crippen LogP contribution in [0.5, 0.6) is 0 Å². The van der Waals surface area contributed by atoms with Crippen LogP contribution in [-0.2, 0) is 14.3 Å². The molecule has 0 spiro atoms. The molecular formula is C13H12ClNO3. The van der Waals surface area contributed by atoms with Crippen LogP contribution in [0.3, 0.4) is 0 Å². The molecule has 1 amide bonds. The number of alkyl halides is 1. The molecule has 0 fully saturated rings. The molecule has 0 aliphatic heterocycles. The van der Waals surface area contributed by atoms with E-state index in [1.165, 1.54) is 0 Å². The minimum Gasteiger partial charge on any atom is -0.456 e. The molecule has 0 aliphatic carbocycles. The molecule has 5 heteroatoms. The van der Waals surface area contributed by atoms with Gasteiger partial charge in [-0.05, 0) is 31.2 Å². The van der Waals surface area contributed by atoms with Crippen molar-refractivity contribution in [1.82, 2.24) is 0 Å². The van der Waals surface area contributed by atoms with Gasteiger partial charge in [-0.15, -0.1) is 11.6 Å². The topological polar surface area (TPSA) is 55.4 Å². The second-order valence-corrected chi connectivity index (χ2v) is 3.50. The van der Waals surface area contributed by atoms with Gasteiger partial charge in [-0.25, -0.2) is 4.79 Å². The fourth-order valence-electron chi connectivity index (χ4n) is 1.12. The molecule has 18 heavy (non-hydrogen) atoms. The van der Waals surface area contributed by atoms with Crippen molar-refractivity contribution in [1.29, 1.82) is 0 Å². The van der Waals surface area contributed by atoms with Crippen LogP contribution >= 0.6 is 11.6 Å². The van der Waals surface area contributed by atoms with Gasteiger partial charge in [-0.1, -0.05) is 5.92 Å². The van der Waals surface area contributed by atoms with E-state index in [-0.39, 0.29) is 11.8 Å². The van der Waals surface area contributed by atoms with E-state index < -0.39 is 5.97 Å². The zero-order valence-electron chi connectivity index (χ0n) is 9.83. The number of benzene rings is 1. The molecule has 94 valence electrons. The normalized spacial score (nSPS) is 9.00. The third-order valence-electron chi connectivity index (χ3n) is 1.87. The number of carbonyl (C=O) groups is 2. The van der Waals surface area contributed by atoms with Gasteiger partial charge in [0.2, 0.25) is 5.91 Å². The van der Waals surface area contributed by atoms with Crippen molar-refractivity contribution in [3.8, 4) is 11.8 Å². The average Bonchev–Trinajstić information content (AvgIpc) is 2.38. The zero-order valence-corrected chi connectivity index (χ0v) is 10.6. The number of anilines is 1. The fourth-order valence-corrected chi connectivity index (χ4v) is 1.19. The molecule has 0 heterocycles. The van der Waals surface area contributed by atoms with Gasteiger partial charge < -0.3 is 10.1 Å². The number of halogens is 1. The van der Waals surface area contributed by atoms with E-state index in [1.807, 2.05) is 0 Å². The van der Waals surface area contributed by atoms with Crippen molar-refractivity contribution in [3.05, 3.63) is 29.8 Å². The second-order valence-electron chi connectivity index (χ2n) is 3.23. The van der Waals surface area contributed by atoms with Gasteiger partial charge >= 0.3 is 5.97 Å². The summed E-state index contributed by atoms with van der Waals surface area (Å²) in [5, 5.41) is 2.59. The van der Waals surface area contributed by atoms with Crippen molar-refractivity contribution >= 4 is 29.2 Å². The largest absolute Gasteiger partial charge is 0.456 e. The van der Waals surface area contributed by atoms with Crippen LogP contribution in [-0.4, -0.2) is 24.4 Å². The number of hydrogen-bond donors (Lipinski definition) is 1. The van der Waals surface area contributed by atoms with Crippen LogP contribution in [0.15, 0.2) is 24.3 Å². The number of rotatable bonds is 3. The molecule has 0 saturated carbocycles. The SMILES string of the molecule is CCOC(=O)C#Cc1ccc(NC(=O)CCl)cc1. The number of amides is 1. The van der Waals surface area contributed by atoms with E-state index in [2.05, 4.69) is 21.9 Å². The maximum Gasteiger partial charge on any atom is 0.384 e. The number of carbonyl (C=O) groups excluding carboxylic acids is 2. The molecule has 0 radical (unpaired) electrons. The molecule has 0 aromatic heterocycles. The van der Waals surface area contributed by atoms with Crippen LogP contribution in [0.2, 0.25) is 0 Å². The lowest BCUT2D eigenvalue weighted by Crippen LogP contribution is -2.12. The van der Waals surface area contributed by atoms with E-state index in [0.717, 1.165) is 0 Å². The summed E-state index contributed by atoms with van der Waals surface area (Å²) in [4.78, 5) is 22.0. The zero-order chi connectivity index (χ0) is 13.4. The summed E-state index contributed by atoms with van der Waals surface area (Å²) >= 11 is 5.36. The Bertz CT molecular complexity index is 485. The first kappa shape index (κ1) is 14.1. The predicted octanol–water partition coefficient (Wildman–Crippen LogP) is 1.78. The Morgan fingerprint density at radius 2 is 2.00 bits per heavy atom. The van der Waals surface area contributed by atoms with Crippen LogP contribution in [0.25, 0.3) is 0 Å². The summed E-state index contributed by atoms with van der Waals surface area (Å²) in [6.45, 7) is 2.02. The number of ether oxygens (including phenoxy) is 1. The van der Waals surface area contributed by atoms with Crippen LogP contribution < -0.4 is 5.32 Å². The molecule has 0 atom stereocenters. The van der Waals surface area contributed by atoms with Gasteiger partial charge in [0, 0.05) is 17.2 Å². The van der Waals surface area contributed by atoms with Crippen LogP contribution in [0.4, 0.5) is 5.69 Å². The minimum absolute atomic E-state index is 0.0928. The smallest absolute Gasteiger partial charge is 0.384 e. The van der Waals surface area contributed by atoms with Crippen molar-refractivity contribution in [2.45, 2.75) is 6.92 Å². The van der Waals surface area contributed by atoms with Crippen LogP contribution in [0.1, 0.15) is 12.5 Å². The summed E-state index contributed by atoms with van der Waals surface area (Å²) < 4.78 is 4.67. The van der Waals surface area contributed by atoms with Gasteiger partial charge in [0.05, 0.1) is 6.61 Å². The minimum atomic E-state index is -0.558. The molecule has 4 nitrogen and oxygen atoms in total. The fraction of sp³-hybridized carbons (Fsp3) is 0.231.